The topological polar surface area (TPSA) is 0 Å². The molecule has 0 atom stereocenters. The lowest BCUT2D eigenvalue weighted by atomic mass is 9.53. The fourth-order valence-corrected chi connectivity index (χ4v) is 3.64. The summed E-state index contributed by atoms with van der Waals surface area (Å²) in [4.78, 5) is 0. The van der Waals surface area contributed by atoms with Crippen LogP contribution in [0.1, 0.15) is 25.7 Å². The molecule has 12 heavy (non-hydrogen) atoms. The zero-order valence-corrected chi connectivity index (χ0v) is 7.55. The van der Waals surface area contributed by atoms with Gasteiger partial charge in [0.25, 0.3) is 0 Å². The van der Waals surface area contributed by atoms with Gasteiger partial charge in [0.1, 0.15) is 0 Å². The SMILES string of the molecule is C=C1C2CC3CC1CC(C2)C3=C. The van der Waals surface area contributed by atoms with E-state index in [1.807, 2.05) is 0 Å². The van der Waals surface area contributed by atoms with Crippen LogP contribution in [0.15, 0.2) is 24.3 Å². The van der Waals surface area contributed by atoms with Crippen LogP contribution in [0.4, 0.5) is 0 Å². The lowest BCUT2D eigenvalue weighted by Crippen LogP contribution is -2.41. The first-order valence-electron chi connectivity index (χ1n) is 5.13. The molecule has 4 saturated carbocycles. The normalized spacial score (nSPS) is 50.3. The number of hydrogen-bond donors (Lipinski definition) is 0. The molecule has 4 aliphatic rings. The Morgan fingerprint density at radius 1 is 0.667 bits per heavy atom. The smallest absolute Gasteiger partial charge is 0.0192 e. The van der Waals surface area contributed by atoms with Gasteiger partial charge in [0.05, 0.1) is 0 Å². The van der Waals surface area contributed by atoms with Gasteiger partial charge in [0.2, 0.25) is 0 Å². The van der Waals surface area contributed by atoms with Gasteiger partial charge in [0.15, 0.2) is 0 Å². The first-order chi connectivity index (χ1) is 5.75. The fraction of sp³-hybridized carbons (Fsp3) is 0.667. The summed E-state index contributed by atoms with van der Waals surface area (Å²) in [5.41, 5.74) is 3.16. The summed E-state index contributed by atoms with van der Waals surface area (Å²) >= 11 is 0. The molecule has 4 bridgehead atoms. The summed E-state index contributed by atoms with van der Waals surface area (Å²) in [6, 6.07) is 0. The average molecular weight is 160 g/mol. The molecule has 0 nitrogen and oxygen atoms in total. The molecule has 0 spiro atoms. The molecule has 0 aliphatic heterocycles. The second kappa shape index (κ2) is 2.04. The van der Waals surface area contributed by atoms with Crippen LogP contribution in [0.2, 0.25) is 0 Å². The quantitative estimate of drug-likeness (QED) is 0.477. The van der Waals surface area contributed by atoms with Gasteiger partial charge >= 0.3 is 0 Å². The highest BCUT2D eigenvalue weighted by atomic mass is 14.5. The largest absolute Gasteiger partial charge is 0.0993 e. The van der Waals surface area contributed by atoms with Gasteiger partial charge in [-0.05, 0) is 49.4 Å². The van der Waals surface area contributed by atoms with E-state index in [-0.39, 0.29) is 0 Å². The summed E-state index contributed by atoms with van der Waals surface area (Å²) < 4.78 is 0. The molecule has 4 rings (SSSR count). The lowest BCUT2D eigenvalue weighted by molar-refractivity contribution is 0.131. The molecule has 64 valence electrons. The van der Waals surface area contributed by atoms with Crippen LogP contribution in [0.25, 0.3) is 0 Å². The number of rotatable bonds is 0. The maximum atomic E-state index is 4.25. The minimum Gasteiger partial charge on any atom is -0.0993 e. The van der Waals surface area contributed by atoms with Crippen LogP contribution in [0.3, 0.4) is 0 Å². The molecule has 0 saturated heterocycles. The van der Waals surface area contributed by atoms with Crippen molar-refractivity contribution in [2.75, 3.05) is 0 Å². The maximum absolute atomic E-state index is 4.25. The van der Waals surface area contributed by atoms with Crippen molar-refractivity contribution in [3.05, 3.63) is 24.3 Å². The molecular formula is C12H16. The molecule has 4 fully saturated rings. The van der Waals surface area contributed by atoms with E-state index < -0.39 is 0 Å². The van der Waals surface area contributed by atoms with Crippen molar-refractivity contribution in [1.82, 2.24) is 0 Å². The van der Waals surface area contributed by atoms with E-state index in [0.29, 0.717) is 0 Å². The Labute approximate surface area is 74.4 Å². The minimum atomic E-state index is 0.873. The van der Waals surface area contributed by atoms with E-state index in [1.165, 1.54) is 25.7 Å². The van der Waals surface area contributed by atoms with Crippen LogP contribution in [0, 0.1) is 23.7 Å². The summed E-state index contributed by atoms with van der Waals surface area (Å²) in [6.45, 7) is 8.50. The van der Waals surface area contributed by atoms with E-state index in [0.717, 1.165) is 23.7 Å². The van der Waals surface area contributed by atoms with Gasteiger partial charge in [0, 0.05) is 0 Å². The highest BCUT2D eigenvalue weighted by Gasteiger charge is 2.46. The highest BCUT2D eigenvalue weighted by molar-refractivity contribution is 5.26. The Kier molecular flexibility index (Phi) is 1.18. The summed E-state index contributed by atoms with van der Waals surface area (Å²) in [5, 5.41) is 0. The molecule has 0 heterocycles. The van der Waals surface area contributed by atoms with Crippen molar-refractivity contribution < 1.29 is 0 Å². The van der Waals surface area contributed by atoms with Crippen molar-refractivity contribution in [2.45, 2.75) is 25.7 Å². The summed E-state index contributed by atoms with van der Waals surface area (Å²) in [6.07, 6.45) is 5.52. The third-order valence-electron chi connectivity index (χ3n) is 4.37. The molecule has 0 aromatic carbocycles. The molecule has 0 unspecified atom stereocenters. The van der Waals surface area contributed by atoms with Crippen LogP contribution in [0.5, 0.6) is 0 Å². The molecule has 0 aromatic heterocycles. The first kappa shape index (κ1) is 6.94. The second-order valence-electron chi connectivity index (χ2n) is 4.88. The average Bonchev–Trinajstić information content (AvgIpc) is 2.02. The van der Waals surface area contributed by atoms with E-state index >= 15 is 0 Å². The van der Waals surface area contributed by atoms with Crippen molar-refractivity contribution in [1.29, 1.82) is 0 Å². The van der Waals surface area contributed by atoms with E-state index in [1.54, 1.807) is 11.1 Å². The Hall–Kier alpha value is -0.520. The van der Waals surface area contributed by atoms with Crippen molar-refractivity contribution >= 4 is 0 Å². The van der Waals surface area contributed by atoms with Gasteiger partial charge < -0.3 is 0 Å². The molecule has 0 heteroatoms. The Bertz CT molecular complexity index is 201. The predicted molar refractivity (Wildman–Crippen MR) is 50.7 cm³/mol. The Balaban J connectivity index is 2.01. The van der Waals surface area contributed by atoms with Crippen LogP contribution < -0.4 is 0 Å². The summed E-state index contributed by atoms with van der Waals surface area (Å²) in [7, 11) is 0. The van der Waals surface area contributed by atoms with Crippen LogP contribution in [-0.4, -0.2) is 0 Å². The van der Waals surface area contributed by atoms with Gasteiger partial charge in [-0.25, -0.2) is 0 Å². The standard InChI is InChI=1S/C12H16/c1-7-9-3-11-5-10(7)6-12(4-9)8(11)2/h9-12H,1-6H2. The van der Waals surface area contributed by atoms with Crippen LogP contribution >= 0.6 is 0 Å². The van der Waals surface area contributed by atoms with Crippen molar-refractivity contribution in [3.63, 3.8) is 0 Å². The van der Waals surface area contributed by atoms with Crippen molar-refractivity contribution in [3.8, 4) is 0 Å². The Morgan fingerprint density at radius 3 is 1.17 bits per heavy atom. The van der Waals surface area contributed by atoms with E-state index in [4.69, 9.17) is 0 Å². The lowest BCUT2D eigenvalue weighted by Gasteiger charge is -2.52. The molecule has 0 radical (unpaired) electrons. The molecule has 0 N–H and O–H groups in total. The van der Waals surface area contributed by atoms with Gasteiger partial charge in [-0.2, -0.15) is 0 Å². The molecular weight excluding hydrogens is 144 g/mol. The van der Waals surface area contributed by atoms with E-state index in [9.17, 15) is 0 Å². The van der Waals surface area contributed by atoms with Gasteiger partial charge in [-0.1, -0.05) is 24.3 Å². The zero-order chi connectivity index (χ0) is 8.29. The second-order valence-corrected chi connectivity index (χ2v) is 4.88. The zero-order valence-electron chi connectivity index (χ0n) is 7.55. The van der Waals surface area contributed by atoms with Gasteiger partial charge in [-0.3, -0.25) is 0 Å². The molecule has 0 aromatic rings. The predicted octanol–water partition coefficient (Wildman–Crippen LogP) is 3.16. The van der Waals surface area contributed by atoms with E-state index in [2.05, 4.69) is 13.2 Å². The van der Waals surface area contributed by atoms with Crippen molar-refractivity contribution in [2.24, 2.45) is 23.7 Å². The third kappa shape index (κ3) is 0.688. The highest BCUT2D eigenvalue weighted by Crippen LogP contribution is 2.57. The molecule has 0 amide bonds. The first-order valence-corrected chi connectivity index (χ1v) is 5.13. The van der Waals surface area contributed by atoms with Gasteiger partial charge in [-0.15, -0.1) is 0 Å². The Morgan fingerprint density at radius 2 is 0.917 bits per heavy atom. The minimum absolute atomic E-state index is 0.873. The molecule has 4 aliphatic carbocycles. The number of allylic oxidation sites excluding steroid dienone is 2. The summed E-state index contributed by atoms with van der Waals surface area (Å²) in [5.74, 6) is 3.49. The maximum Gasteiger partial charge on any atom is -0.0192 e. The van der Waals surface area contributed by atoms with Crippen LogP contribution in [-0.2, 0) is 0 Å². The fourth-order valence-electron chi connectivity index (χ4n) is 3.64. The monoisotopic (exact) mass is 160 g/mol. The number of hydrogen-bond acceptors (Lipinski definition) is 0. The third-order valence-corrected chi connectivity index (χ3v) is 4.37.